The highest BCUT2D eigenvalue weighted by Gasteiger charge is 2.17. The quantitative estimate of drug-likeness (QED) is 0.531. The van der Waals surface area contributed by atoms with Gasteiger partial charge in [-0.1, -0.05) is 12.1 Å². The monoisotopic (exact) mass is 403 g/mol. The summed E-state index contributed by atoms with van der Waals surface area (Å²) >= 11 is 0. The van der Waals surface area contributed by atoms with Gasteiger partial charge in [-0.2, -0.15) is 4.80 Å². The molecule has 0 saturated carbocycles. The number of benzene rings is 1. The minimum Gasteiger partial charge on any atom is -0.423 e. The lowest BCUT2D eigenvalue weighted by Crippen LogP contribution is -2.49. The second-order valence-electron chi connectivity index (χ2n) is 7.29. The van der Waals surface area contributed by atoms with Crippen LogP contribution in [0.4, 0.5) is 5.82 Å². The topological polar surface area (TPSA) is 111 Å². The number of anilines is 1. The first-order valence-corrected chi connectivity index (χ1v) is 9.83. The minimum absolute atomic E-state index is 0.461. The van der Waals surface area contributed by atoms with Crippen molar-refractivity contribution in [3.63, 3.8) is 0 Å². The highest BCUT2D eigenvalue weighted by Crippen LogP contribution is 2.19. The van der Waals surface area contributed by atoms with Crippen molar-refractivity contribution in [1.29, 1.82) is 0 Å². The van der Waals surface area contributed by atoms with Crippen LogP contribution in [0.1, 0.15) is 12.5 Å². The molecular weight excluding hydrogens is 382 g/mol. The van der Waals surface area contributed by atoms with Crippen molar-refractivity contribution in [2.45, 2.75) is 19.5 Å². The van der Waals surface area contributed by atoms with Gasteiger partial charge in [0, 0.05) is 43.0 Å². The minimum atomic E-state index is 0.461. The second-order valence-corrected chi connectivity index (χ2v) is 7.29. The van der Waals surface area contributed by atoms with E-state index in [1.165, 1.54) is 6.39 Å². The van der Waals surface area contributed by atoms with E-state index in [1.807, 2.05) is 42.6 Å². The van der Waals surface area contributed by atoms with Crippen molar-refractivity contribution < 1.29 is 4.42 Å². The Bertz CT molecular complexity index is 1090. The molecule has 1 unspecified atom stereocenters. The van der Waals surface area contributed by atoms with Crippen LogP contribution in [0.5, 0.6) is 0 Å². The van der Waals surface area contributed by atoms with Crippen molar-refractivity contribution in [1.82, 2.24) is 40.7 Å². The number of nitrogens with one attached hydrogen (secondary N) is 1. The van der Waals surface area contributed by atoms with Gasteiger partial charge < -0.3 is 14.6 Å². The third-order valence-electron chi connectivity index (χ3n) is 5.04. The number of hydrogen-bond donors (Lipinski definition) is 1. The van der Waals surface area contributed by atoms with Crippen LogP contribution in [0.2, 0.25) is 0 Å². The van der Waals surface area contributed by atoms with Gasteiger partial charge in [-0.3, -0.25) is 0 Å². The fourth-order valence-corrected chi connectivity index (χ4v) is 3.49. The lowest BCUT2D eigenvalue weighted by atomic mass is 10.1. The molecule has 3 aromatic heterocycles. The van der Waals surface area contributed by atoms with E-state index in [2.05, 4.69) is 47.7 Å². The molecule has 0 aliphatic carbocycles. The lowest BCUT2D eigenvalue weighted by Gasteiger charge is -2.32. The van der Waals surface area contributed by atoms with Crippen LogP contribution in [-0.2, 0) is 6.54 Å². The second kappa shape index (κ2) is 7.99. The van der Waals surface area contributed by atoms with Crippen molar-refractivity contribution in [2.75, 3.05) is 24.5 Å². The zero-order chi connectivity index (χ0) is 20.3. The first kappa shape index (κ1) is 18.4. The van der Waals surface area contributed by atoms with Crippen molar-refractivity contribution in [3.05, 3.63) is 54.6 Å². The van der Waals surface area contributed by atoms with Gasteiger partial charge in [0.05, 0.1) is 6.54 Å². The maximum absolute atomic E-state index is 5.21. The van der Waals surface area contributed by atoms with Crippen LogP contribution in [0, 0.1) is 0 Å². The Hall–Kier alpha value is -3.66. The predicted molar refractivity (Wildman–Crippen MR) is 110 cm³/mol. The van der Waals surface area contributed by atoms with Crippen molar-refractivity contribution >= 4 is 5.82 Å². The average molecular weight is 403 g/mol. The Morgan fingerprint density at radius 2 is 1.97 bits per heavy atom. The SMILES string of the molecule is CC1CN(c2ccc(-c3nnn(Cc4ccc(-c5nnco5)cc4)n3)cn2)CCN1. The summed E-state index contributed by atoms with van der Waals surface area (Å²) < 4.78 is 5.21. The van der Waals surface area contributed by atoms with Gasteiger partial charge in [-0.05, 0) is 42.0 Å². The van der Waals surface area contributed by atoms with Crippen LogP contribution >= 0.6 is 0 Å². The number of hydrogen-bond acceptors (Lipinski definition) is 9. The summed E-state index contributed by atoms with van der Waals surface area (Å²) in [6.07, 6.45) is 3.12. The third-order valence-corrected chi connectivity index (χ3v) is 5.04. The fourth-order valence-electron chi connectivity index (χ4n) is 3.49. The number of rotatable bonds is 5. The molecule has 1 fully saturated rings. The Morgan fingerprint density at radius 3 is 2.70 bits per heavy atom. The summed E-state index contributed by atoms with van der Waals surface area (Å²) in [5.74, 6) is 2.03. The summed E-state index contributed by atoms with van der Waals surface area (Å²) in [5.41, 5.74) is 2.76. The molecule has 152 valence electrons. The van der Waals surface area contributed by atoms with E-state index in [9.17, 15) is 0 Å². The van der Waals surface area contributed by atoms with Crippen LogP contribution < -0.4 is 10.2 Å². The molecule has 1 aliphatic heterocycles. The van der Waals surface area contributed by atoms with Gasteiger partial charge in [-0.25, -0.2) is 4.98 Å². The van der Waals surface area contributed by atoms with Gasteiger partial charge in [0.1, 0.15) is 5.82 Å². The molecule has 0 amide bonds. The summed E-state index contributed by atoms with van der Waals surface area (Å²) in [6.45, 7) is 5.57. The van der Waals surface area contributed by atoms with E-state index < -0.39 is 0 Å². The lowest BCUT2D eigenvalue weighted by molar-refractivity contribution is 0.482. The van der Waals surface area contributed by atoms with Gasteiger partial charge in [0.15, 0.2) is 0 Å². The zero-order valence-corrected chi connectivity index (χ0v) is 16.5. The van der Waals surface area contributed by atoms with E-state index in [4.69, 9.17) is 4.42 Å². The molecule has 1 N–H and O–H groups in total. The van der Waals surface area contributed by atoms with Crippen molar-refractivity contribution in [2.24, 2.45) is 0 Å². The molecule has 0 bridgehead atoms. The molecule has 4 heterocycles. The Kier molecular flexibility index (Phi) is 4.89. The standard InChI is InChI=1S/C20H21N9O/c1-14-11-28(9-8-21-14)18-7-6-17(10-22-18)19-24-27-29(26-19)12-15-2-4-16(5-3-15)20-25-23-13-30-20/h2-7,10,13-14,21H,8-9,11-12H2,1H3. The number of tetrazole rings is 1. The van der Waals surface area contributed by atoms with E-state index in [-0.39, 0.29) is 0 Å². The number of aromatic nitrogens is 7. The van der Waals surface area contributed by atoms with Crippen LogP contribution in [0.15, 0.2) is 53.4 Å². The largest absolute Gasteiger partial charge is 0.423 e. The predicted octanol–water partition coefficient (Wildman–Crippen LogP) is 1.63. The number of pyridine rings is 1. The maximum Gasteiger partial charge on any atom is 0.247 e. The molecule has 1 aliphatic rings. The molecule has 10 heteroatoms. The summed E-state index contributed by atoms with van der Waals surface area (Å²) in [4.78, 5) is 8.46. The fraction of sp³-hybridized carbons (Fsp3) is 0.300. The van der Waals surface area contributed by atoms with E-state index in [0.29, 0.717) is 24.3 Å². The smallest absolute Gasteiger partial charge is 0.247 e. The molecule has 1 saturated heterocycles. The highest BCUT2D eigenvalue weighted by molar-refractivity contribution is 5.56. The number of piperazine rings is 1. The molecule has 0 spiro atoms. The highest BCUT2D eigenvalue weighted by atomic mass is 16.4. The summed E-state index contributed by atoms with van der Waals surface area (Å²) in [6, 6.07) is 12.3. The van der Waals surface area contributed by atoms with Crippen LogP contribution in [0.3, 0.4) is 0 Å². The van der Waals surface area contributed by atoms with Crippen molar-refractivity contribution in [3.8, 4) is 22.8 Å². The zero-order valence-electron chi connectivity index (χ0n) is 16.5. The number of nitrogens with zero attached hydrogens (tertiary/aromatic N) is 8. The molecular formula is C20H21N9O. The Balaban J connectivity index is 1.26. The van der Waals surface area contributed by atoms with E-state index in [0.717, 1.165) is 42.1 Å². The van der Waals surface area contributed by atoms with Gasteiger partial charge >= 0.3 is 0 Å². The first-order chi connectivity index (χ1) is 14.7. The molecule has 5 rings (SSSR count). The van der Waals surface area contributed by atoms with Crippen LogP contribution in [0.25, 0.3) is 22.8 Å². The maximum atomic E-state index is 5.21. The molecule has 4 aromatic rings. The molecule has 1 aromatic carbocycles. The molecule has 1 atom stereocenters. The molecule has 30 heavy (non-hydrogen) atoms. The van der Waals surface area contributed by atoms with Gasteiger partial charge in [0.2, 0.25) is 18.1 Å². The normalized spacial score (nSPS) is 16.7. The Morgan fingerprint density at radius 1 is 1.10 bits per heavy atom. The van der Waals surface area contributed by atoms with E-state index >= 15 is 0 Å². The summed E-state index contributed by atoms with van der Waals surface area (Å²) in [7, 11) is 0. The van der Waals surface area contributed by atoms with Gasteiger partial charge in [-0.15, -0.1) is 20.4 Å². The molecule has 10 nitrogen and oxygen atoms in total. The van der Waals surface area contributed by atoms with E-state index in [1.54, 1.807) is 4.80 Å². The van der Waals surface area contributed by atoms with Crippen LogP contribution in [-0.4, -0.2) is 61.1 Å². The van der Waals surface area contributed by atoms with Gasteiger partial charge in [0.25, 0.3) is 0 Å². The third kappa shape index (κ3) is 3.90. The Labute approximate surface area is 173 Å². The summed E-state index contributed by atoms with van der Waals surface area (Å²) in [5, 5.41) is 23.9. The first-order valence-electron chi connectivity index (χ1n) is 9.83. The average Bonchev–Trinajstić information content (AvgIpc) is 3.47. The molecule has 0 radical (unpaired) electrons.